The van der Waals surface area contributed by atoms with Crippen LogP contribution >= 0.6 is 0 Å². The molecule has 2 fully saturated rings. The van der Waals surface area contributed by atoms with Crippen LogP contribution in [0.4, 0.5) is 0 Å². The van der Waals surface area contributed by atoms with Crippen molar-refractivity contribution in [1.82, 2.24) is 10.6 Å². The molecule has 0 aliphatic heterocycles. The van der Waals surface area contributed by atoms with Crippen molar-refractivity contribution >= 4 is 5.96 Å². The van der Waals surface area contributed by atoms with Gasteiger partial charge in [0.15, 0.2) is 17.5 Å². The lowest BCUT2D eigenvalue weighted by Gasteiger charge is -2.54. The van der Waals surface area contributed by atoms with Crippen molar-refractivity contribution in [3.05, 3.63) is 23.8 Å². The predicted molar refractivity (Wildman–Crippen MR) is 107 cm³/mol. The Bertz CT molecular complexity index is 656. The molecule has 6 heteroatoms. The molecule has 150 valence electrons. The van der Waals surface area contributed by atoms with E-state index in [1.54, 1.807) is 19.2 Å². The van der Waals surface area contributed by atoms with E-state index in [0.29, 0.717) is 24.4 Å². The van der Waals surface area contributed by atoms with E-state index in [1.165, 1.54) is 25.7 Å². The molecular weight excluding hydrogens is 342 g/mol. The minimum absolute atomic E-state index is 0.145. The van der Waals surface area contributed by atoms with E-state index < -0.39 is 0 Å². The van der Waals surface area contributed by atoms with E-state index in [2.05, 4.69) is 24.5 Å². The van der Waals surface area contributed by atoms with Crippen LogP contribution < -0.4 is 15.4 Å². The average molecular weight is 376 g/mol. The molecule has 6 nitrogen and oxygen atoms in total. The molecule has 0 heterocycles. The molecule has 0 bridgehead atoms. The zero-order chi connectivity index (χ0) is 19.3. The number of phenols is 1. The molecule has 0 aromatic heterocycles. The van der Waals surface area contributed by atoms with Crippen LogP contribution in [0.3, 0.4) is 0 Å². The number of aromatic hydroxyl groups is 1. The Kier molecular flexibility index (Phi) is 6.47. The SMILES string of the molecule is CCNC(=NCc1ccc(OC)c(O)c1)NC1CC(OCC)C12CCCC2. The fraction of sp³-hybridized carbons (Fsp3) is 0.667. The monoisotopic (exact) mass is 375 g/mol. The van der Waals surface area contributed by atoms with Gasteiger partial charge in [-0.3, -0.25) is 0 Å². The van der Waals surface area contributed by atoms with Crippen molar-refractivity contribution in [2.24, 2.45) is 10.4 Å². The lowest BCUT2D eigenvalue weighted by Crippen LogP contribution is -2.65. The number of hydrogen-bond acceptors (Lipinski definition) is 4. The molecular formula is C21H33N3O3. The fourth-order valence-electron chi connectivity index (χ4n) is 4.58. The summed E-state index contributed by atoms with van der Waals surface area (Å²) in [6, 6.07) is 5.82. The van der Waals surface area contributed by atoms with Crippen molar-refractivity contribution in [3.63, 3.8) is 0 Å². The predicted octanol–water partition coefficient (Wildman–Crippen LogP) is 3.19. The number of phenolic OH excluding ortho intramolecular Hbond substituents is 1. The molecule has 27 heavy (non-hydrogen) atoms. The average Bonchev–Trinajstić information content (AvgIpc) is 3.18. The van der Waals surface area contributed by atoms with Gasteiger partial charge in [0, 0.05) is 24.6 Å². The van der Waals surface area contributed by atoms with Crippen molar-refractivity contribution in [3.8, 4) is 11.5 Å². The smallest absolute Gasteiger partial charge is 0.191 e. The van der Waals surface area contributed by atoms with E-state index in [1.807, 2.05) is 6.07 Å². The van der Waals surface area contributed by atoms with Gasteiger partial charge in [-0.05, 0) is 50.8 Å². The van der Waals surface area contributed by atoms with Crippen LogP contribution in [0.2, 0.25) is 0 Å². The maximum Gasteiger partial charge on any atom is 0.191 e. The van der Waals surface area contributed by atoms with Crippen molar-refractivity contribution in [1.29, 1.82) is 0 Å². The van der Waals surface area contributed by atoms with Crippen molar-refractivity contribution in [2.75, 3.05) is 20.3 Å². The Balaban J connectivity index is 1.67. The Morgan fingerprint density at radius 2 is 2.07 bits per heavy atom. The van der Waals surface area contributed by atoms with Crippen molar-refractivity contribution in [2.45, 2.75) is 64.6 Å². The summed E-state index contributed by atoms with van der Waals surface area (Å²) in [4.78, 5) is 4.73. The van der Waals surface area contributed by atoms with Gasteiger partial charge in [-0.15, -0.1) is 0 Å². The fourth-order valence-corrected chi connectivity index (χ4v) is 4.58. The van der Waals surface area contributed by atoms with Gasteiger partial charge in [-0.1, -0.05) is 18.9 Å². The van der Waals surface area contributed by atoms with Gasteiger partial charge < -0.3 is 25.2 Å². The zero-order valence-electron chi connectivity index (χ0n) is 16.8. The molecule has 2 aliphatic rings. The summed E-state index contributed by atoms with van der Waals surface area (Å²) in [7, 11) is 1.55. The standard InChI is InChI=1S/C21H33N3O3/c1-4-22-20(23-14-15-8-9-17(26-3)16(25)12-15)24-18-13-19(27-5-2)21(18)10-6-7-11-21/h8-9,12,18-19,25H,4-7,10-11,13-14H2,1-3H3,(H2,22,23,24). The highest BCUT2D eigenvalue weighted by Gasteiger charge is 2.56. The Morgan fingerprint density at radius 3 is 2.70 bits per heavy atom. The Labute approximate surface area is 162 Å². The van der Waals surface area contributed by atoms with Crippen LogP contribution in [0.25, 0.3) is 0 Å². The molecule has 1 aromatic rings. The minimum Gasteiger partial charge on any atom is -0.504 e. The molecule has 2 atom stereocenters. The molecule has 0 radical (unpaired) electrons. The van der Waals surface area contributed by atoms with E-state index in [9.17, 15) is 5.11 Å². The number of nitrogens with zero attached hydrogens (tertiary/aromatic N) is 1. The summed E-state index contributed by atoms with van der Waals surface area (Å²) in [5, 5.41) is 17.0. The third-order valence-electron chi connectivity index (χ3n) is 6.01. The zero-order valence-corrected chi connectivity index (χ0v) is 16.8. The first-order valence-electron chi connectivity index (χ1n) is 10.1. The number of ether oxygens (including phenoxy) is 2. The maximum absolute atomic E-state index is 9.95. The van der Waals surface area contributed by atoms with Gasteiger partial charge in [0.05, 0.1) is 19.8 Å². The molecule has 0 amide bonds. The highest BCUT2D eigenvalue weighted by Crippen LogP contribution is 2.54. The number of hydrogen-bond donors (Lipinski definition) is 3. The van der Waals surface area contributed by atoms with Gasteiger partial charge in [0.25, 0.3) is 0 Å². The second kappa shape index (κ2) is 8.83. The lowest BCUT2D eigenvalue weighted by molar-refractivity contribution is -0.125. The van der Waals surface area contributed by atoms with Gasteiger partial charge in [0.1, 0.15) is 0 Å². The number of nitrogens with one attached hydrogen (secondary N) is 2. The lowest BCUT2D eigenvalue weighted by atomic mass is 9.60. The van der Waals surface area contributed by atoms with E-state index >= 15 is 0 Å². The minimum atomic E-state index is 0.145. The number of aliphatic imine (C=N–C) groups is 1. The third-order valence-corrected chi connectivity index (χ3v) is 6.01. The number of benzene rings is 1. The second-order valence-corrected chi connectivity index (χ2v) is 7.52. The maximum atomic E-state index is 9.95. The molecule has 2 aliphatic carbocycles. The second-order valence-electron chi connectivity index (χ2n) is 7.52. The summed E-state index contributed by atoms with van der Waals surface area (Å²) < 4.78 is 11.1. The normalized spacial score (nSPS) is 23.9. The highest BCUT2D eigenvalue weighted by molar-refractivity contribution is 5.80. The van der Waals surface area contributed by atoms with Crippen LogP contribution in [-0.4, -0.2) is 43.5 Å². The first-order valence-corrected chi connectivity index (χ1v) is 10.1. The molecule has 3 N–H and O–H groups in total. The molecule has 0 saturated heterocycles. The summed E-state index contributed by atoms with van der Waals surface area (Å²) in [5.41, 5.74) is 1.21. The van der Waals surface area contributed by atoms with Crippen LogP contribution in [0.1, 0.15) is 51.5 Å². The number of rotatable bonds is 7. The number of methoxy groups -OCH3 is 1. The number of guanidine groups is 1. The molecule has 1 spiro atoms. The van der Waals surface area contributed by atoms with E-state index in [4.69, 9.17) is 14.5 Å². The summed E-state index contributed by atoms with van der Waals surface area (Å²) in [5.74, 6) is 1.46. The quantitative estimate of drug-likeness (QED) is 0.504. The topological polar surface area (TPSA) is 75.1 Å². The Morgan fingerprint density at radius 1 is 1.30 bits per heavy atom. The third kappa shape index (κ3) is 4.15. The van der Waals surface area contributed by atoms with Crippen molar-refractivity contribution < 1.29 is 14.6 Å². The Hall–Kier alpha value is -1.95. The summed E-state index contributed by atoms with van der Waals surface area (Å²) in [6.07, 6.45) is 6.48. The molecule has 2 saturated carbocycles. The van der Waals surface area contributed by atoms with Crippen LogP contribution in [0, 0.1) is 5.41 Å². The van der Waals surface area contributed by atoms with E-state index in [0.717, 1.165) is 31.1 Å². The van der Waals surface area contributed by atoms with Gasteiger partial charge in [-0.25, -0.2) is 4.99 Å². The summed E-state index contributed by atoms with van der Waals surface area (Å²) >= 11 is 0. The first kappa shape index (κ1) is 19.8. The van der Waals surface area contributed by atoms with Crippen LogP contribution in [0.15, 0.2) is 23.2 Å². The van der Waals surface area contributed by atoms with Gasteiger partial charge in [-0.2, -0.15) is 0 Å². The van der Waals surface area contributed by atoms with Gasteiger partial charge >= 0.3 is 0 Å². The van der Waals surface area contributed by atoms with Crippen LogP contribution in [-0.2, 0) is 11.3 Å². The largest absolute Gasteiger partial charge is 0.504 e. The van der Waals surface area contributed by atoms with E-state index in [-0.39, 0.29) is 11.2 Å². The first-order chi connectivity index (χ1) is 13.1. The molecule has 2 unspecified atom stereocenters. The molecule has 1 aromatic carbocycles. The molecule has 3 rings (SSSR count). The summed E-state index contributed by atoms with van der Waals surface area (Å²) in [6.45, 7) is 6.26. The highest BCUT2D eigenvalue weighted by atomic mass is 16.5. The van der Waals surface area contributed by atoms with Gasteiger partial charge in [0.2, 0.25) is 0 Å². The van der Waals surface area contributed by atoms with Crippen LogP contribution in [0.5, 0.6) is 11.5 Å².